The first kappa shape index (κ1) is 19.2. The number of aromatic nitrogens is 4. The van der Waals surface area contributed by atoms with Crippen molar-refractivity contribution in [3.05, 3.63) is 66.0 Å². The lowest BCUT2D eigenvalue weighted by Gasteiger charge is -2.11. The molecule has 9 heteroatoms. The highest BCUT2D eigenvalue weighted by molar-refractivity contribution is 5.98. The topological polar surface area (TPSA) is 147 Å². The van der Waals surface area contributed by atoms with Crippen molar-refractivity contribution in [1.82, 2.24) is 19.5 Å². The molecule has 5 N–H and O–H groups in total. The minimum atomic E-state index is -0.227. The number of ether oxygens (including phenoxy) is 1. The highest BCUT2D eigenvalue weighted by Gasteiger charge is 2.19. The first-order valence-corrected chi connectivity index (χ1v) is 9.10. The van der Waals surface area contributed by atoms with Gasteiger partial charge in [-0.05, 0) is 42.0 Å². The molecule has 0 aliphatic rings. The van der Waals surface area contributed by atoms with Crippen LogP contribution in [0.1, 0.15) is 18.2 Å². The Labute approximate surface area is 171 Å². The average Bonchev–Trinajstić information content (AvgIpc) is 3.12. The summed E-state index contributed by atoms with van der Waals surface area (Å²) in [5.74, 6) is 0.554. The van der Waals surface area contributed by atoms with Gasteiger partial charge in [0.25, 0.3) is 0 Å². The summed E-state index contributed by atoms with van der Waals surface area (Å²) in [6, 6.07) is 14.3. The van der Waals surface area contributed by atoms with Crippen molar-refractivity contribution in [3.63, 3.8) is 0 Å². The van der Waals surface area contributed by atoms with Crippen LogP contribution in [-0.2, 0) is 11.3 Å². The van der Waals surface area contributed by atoms with Crippen LogP contribution in [0.4, 0.5) is 5.82 Å². The number of aliphatic hydroxyl groups is 1. The van der Waals surface area contributed by atoms with E-state index in [2.05, 4.69) is 9.97 Å². The molecule has 0 fully saturated rings. The largest absolute Gasteiger partial charge is 0.424 e. The number of nitrogens with zero attached hydrogens (tertiary/aromatic N) is 4. The van der Waals surface area contributed by atoms with E-state index >= 15 is 0 Å². The Kier molecular flexibility index (Phi) is 4.95. The van der Waals surface area contributed by atoms with Crippen molar-refractivity contribution in [1.29, 1.82) is 10.8 Å². The minimum Gasteiger partial charge on any atom is -0.424 e. The third-order valence-electron chi connectivity index (χ3n) is 4.45. The molecule has 4 rings (SSSR count). The van der Waals surface area contributed by atoms with Gasteiger partial charge in [-0.1, -0.05) is 12.1 Å². The molecule has 0 unspecified atom stereocenters. The molecular weight excluding hydrogens is 382 g/mol. The first-order valence-electron chi connectivity index (χ1n) is 9.10. The third-order valence-corrected chi connectivity index (χ3v) is 4.45. The summed E-state index contributed by atoms with van der Waals surface area (Å²) < 4.78 is 6.91. The molecule has 0 aliphatic heterocycles. The van der Waals surface area contributed by atoms with Gasteiger partial charge in [-0.25, -0.2) is 15.0 Å². The van der Waals surface area contributed by atoms with Crippen LogP contribution in [0.5, 0.6) is 0 Å². The summed E-state index contributed by atoms with van der Waals surface area (Å²) in [5.41, 5.74) is 9.65. The smallest absolute Gasteiger partial charge is 0.239 e. The summed E-state index contributed by atoms with van der Waals surface area (Å²) in [4.78, 5) is 13.4. The molecule has 9 nitrogen and oxygen atoms in total. The summed E-state index contributed by atoms with van der Waals surface area (Å²) >= 11 is 0. The molecule has 3 aromatic heterocycles. The van der Waals surface area contributed by atoms with E-state index in [0.29, 0.717) is 28.4 Å². The molecule has 0 radical (unpaired) electrons. The van der Waals surface area contributed by atoms with Crippen molar-refractivity contribution in [2.24, 2.45) is 0 Å². The number of nitrogens with two attached hydrogens (primary N) is 1. The second-order valence-corrected chi connectivity index (χ2v) is 6.56. The zero-order valence-corrected chi connectivity index (χ0v) is 16.1. The van der Waals surface area contributed by atoms with E-state index in [0.717, 1.165) is 11.3 Å². The van der Waals surface area contributed by atoms with Crippen LogP contribution >= 0.6 is 0 Å². The summed E-state index contributed by atoms with van der Waals surface area (Å²) in [6.07, 6.45) is 1.61. The van der Waals surface area contributed by atoms with Crippen LogP contribution in [0.2, 0.25) is 0 Å². The molecule has 0 atom stereocenters. The van der Waals surface area contributed by atoms with Crippen molar-refractivity contribution in [2.45, 2.75) is 13.5 Å². The van der Waals surface area contributed by atoms with Gasteiger partial charge in [0.1, 0.15) is 17.0 Å². The number of nitrogens with one attached hydrogen (secondary N) is 2. The van der Waals surface area contributed by atoms with Gasteiger partial charge in [-0.3, -0.25) is 15.4 Å². The Morgan fingerprint density at radius 2 is 1.87 bits per heavy atom. The first-order chi connectivity index (χ1) is 14.5. The molecule has 4 aromatic rings. The fourth-order valence-corrected chi connectivity index (χ4v) is 3.07. The Balaban J connectivity index is 1.97. The standard InChI is InChI=1S/C21H19N7O2/c1-12(22)30-19(24)16-8-9-17-21(26-16)28(14-6-4-13(11-29)5-7-14)20(27-17)15-3-2-10-25-18(15)23/h2-10,22,24,29H,11H2,1H3,(H2,23,25). The molecule has 0 aliphatic carbocycles. The fraction of sp³-hybridized carbons (Fsp3) is 0.0952. The van der Waals surface area contributed by atoms with Crippen LogP contribution in [0.15, 0.2) is 54.7 Å². The fourth-order valence-electron chi connectivity index (χ4n) is 3.07. The van der Waals surface area contributed by atoms with Gasteiger partial charge in [0.2, 0.25) is 5.90 Å². The maximum atomic E-state index is 9.36. The number of nitrogen functional groups attached to an aromatic ring is 1. The number of imidazole rings is 1. The van der Waals surface area contributed by atoms with Crippen molar-refractivity contribution >= 4 is 28.8 Å². The van der Waals surface area contributed by atoms with Gasteiger partial charge in [-0.2, -0.15) is 0 Å². The highest BCUT2D eigenvalue weighted by Crippen LogP contribution is 2.30. The predicted molar refractivity (Wildman–Crippen MR) is 114 cm³/mol. The number of rotatable bonds is 4. The number of pyridine rings is 2. The molecular formula is C21H19N7O2. The molecule has 0 saturated heterocycles. The van der Waals surface area contributed by atoms with E-state index in [4.69, 9.17) is 26.3 Å². The number of hydrogen-bond acceptors (Lipinski definition) is 8. The van der Waals surface area contributed by atoms with E-state index in [1.54, 1.807) is 24.4 Å². The number of hydrogen-bond donors (Lipinski definition) is 4. The van der Waals surface area contributed by atoms with Crippen LogP contribution in [0.3, 0.4) is 0 Å². The SMILES string of the molecule is CC(=N)OC(=N)c1ccc2nc(-c3cccnc3N)n(-c3ccc(CO)cc3)c2n1. The molecule has 0 spiro atoms. The van der Waals surface area contributed by atoms with E-state index in [1.165, 1.54) is 6.92 Å². The zero-order chi connectivity index (χ0) is 21.3. The molecule has 150 valence electrons. The van der Waals surface area contributed by atoms with Gasteiger partial charge in [0, 0.05) is 18.8 Å². The molecule has 3 heterocycles. The summed E-state index contributed by atoms with van der Waals surface area (Å²) in [6.45, 7) is 1.39. The van der Waals surface area contributed by atoms with Crippen molar-refractivity contribution in [2.75, 3.05) is 5.73 Å². The number of benzene rings is 1. The number of aliphatic hydroxyl groups excluding tert-OH is 1. The van der Waals surface area contributed by atoms with Crippen molar-refractivity contribution < 1.29 is 9.84 Å². The maximum Gasteiger partial charge on any atom is 0.239 e. The number of anilines is 1. The van der Waals surface area contributed by atoms with Gasteiger partial charge in [0.15, 0.2) is 17.4 Å². The van der Waals surface area contributed by atoms with Gasteiger partial charge < -0.3 is 15.6 Å². The van der Waals surface area contributed by atoms with Gasteiger partial charge >= 0.3 is 0 Å². The van der Waals surface area contributed by atoms with Gasteiger partial charge in [0.05, 0.1) is 12.2 Å². The zero-order valence-electron chi connectivity index (χ0n) is 16.1. The molecule has 0 saturated carbocycles. The maximum absolute atomic E-state index is 9.36. The summed E-state index contributed by atoms with van der Waals surface area (Å²) in [7, 11) is 0. The molecule has 0 amide bonds. The summed E-state index contributed by atoms with van der Waals surface area (Å²) in [5, 5.41) is 24.9. The average molecular weight is 401 g/mol. The Hall–Kier alpha value is -4.11. The lowest BCUT2D eigenvalue weighted by Crippen LogP contribution is -2.11. The normalized spacial score (nSPS) is 10.9. The quantitative estimate of drug-likeness (QED) is 0.305. The molecule has 30 heavy (non-hydrogen) atoms. The van der Waals surface area contributed by atoms with Crippen LogP contribution in [0, 0.1) is 10.8 Å². The minimum absolute atomic E-state index is 0.0623. The second kappa shape index (κ2) is 7.72. The number of fused-ring (bicyclic) bond motifs is 1. The van der Waals surface area contributed by atoms with Gasteiger partial charge in [-0.15, -0.1) is 0 Å². The molecule has 1 aromatic carbocycles. The van der Waals surface area contributed by atoms with Crippen molar-refractivity contribution in [3.8, 4) is 17.1 Å². The van der Waals surface area contributed by atoms with E-state index in [-0.39, 0.29) is 24.1 Å². The third kappa shape index (κ3) is 3.49. The Bertz CT molecular complexity index is 1260. The Morgan fingerprint density at radius 3 is 2.53 bits per heavy atom. The lowest BCUT2D eigenvalue weighted by molar-refractivity contribution is 0.282. The van der Waals surface area contributed by atoms with Crippen LogP contribution < -0.4 is 5.73 Å². The Morgan fingerprint density at radius 1 is 1.10 bits per heavy atom. The lowest BCUT2D eigenvalue weighted by atomic mass is 10.2. The second-order valence-electron chi connectivity index (χ2n) is 6.56. The van der Waals surface area contributed by atoms with E-state index in [9.17, 15) is 5.11 Å². The molecule has 0 bridgehead atoms. The van der Waals surface area contributed by atoms with E-state index < -0.39 is 0 Å². The van der Waals surface area contributed by atoms with Crippen LogP contribution in [0.25, 0.3) is 28.2 Å². The van der Waals surface area contributed by atoms with Crippen LogP contribution in [-0.4, -0.2) is 36.4 Å². The van der Waals surface area contributed by atoms with E-state index in [1.807, 2.05) is 34.9 Å². The highest BCUT2D eigenvalue weighted by atomic mass is 16.5. The monoisotopic (exact) mass is 401 g/mol. The predicted octanol–water partition coefficient (Wildman–Crippen LogP) is 2.90.